The number of hydrogen-bond donors (Lipinski definition) is 2. The van der Waals surface area contributed by atoms with Gasteiger partial charge < -0.3 is 14.8 Å². The van der Waals surface area contributed by atoms with E-state index >= 15 is 0 Å². The minimum absolute atomic E-state index is 0.00412. The molecule has 1 heterocycles. The minimum atomic E-state index is -0.827. The Balaban J connectivity index is 2.38. The molecule has 0 atom stereocenters. The lowest BCUT2D eigenvalue weighted by Crippen LogP contribution is -2.16. The number of methoxy groups -OCH3 is 2. The number of aromatic amines is 1. The van der Waals surface area contributed by atoms with Gasteiger partial charge in [-0.3, -0.25) is 5.10 Å². The third-order valence-electron chi connectivity index (χ3n) is 2.70. The highest BCUT2D eigenvalue weighted by Gasteiger charge is 2.16. The molecule has 21 heavy (non-hydrogen) atoms. The Kier molecular flexibility index (Phi) is 4.17. The Morgan fingerprint density at radius 1 is 1.33 bits per heavy atom. The molecule has 2 rings (SSSR count). The van der Waals surface area contributed by atoms with E-state index in [1.807, 2.05) is 0 Å². The smallest absolute Gasteiger partial charge is 0.354 e. The molecule has 0 fully saturated rings. The summed E-state index contributed by atoms with van der Waals surface area (Å²) in [5.41, 5.74) is 0.269. The van der Waals surface area contributed by atoms with Crippen molar-refractivity contribution in [3.8, 4) is 0 Å². The van der Waals surface area contributed by atoms with Crippen molar-refractivity contribution in [1.82, 2.24) is 10.2 Å². The van der Waals surface area contributed by atoms with Crippen LogP contribution in [0.4, 0.5) is 10.1 Å². The summed E-state index contributed by atoms with van der Waals surface area (Å²) in [4.78, 5) is 22.8. The Morgan fingerprint density at radius 2 is 2.10 bits per heavy atom. The summed E-state index contributed by atoms with van der Waals surface area (Å²) in [6.45, 7) is 0. The van der Waals surface area contributed by atoms with E-state index in [2.05, 4.69) is 25.0 Å². The predicted molar refractivity (Wildman–Crippen MR) is 71.8 cm³/mol. The number of H-pyrrole nitrogens is 1. The van der Waals surface area contributed by atoms with Gasteiger partial charge in [0.1, 0.15) is 5.70 Å². The molecule has 0 aliphatic heterocycles. The van der Waals surface area contributed by atoms with Crippen molar-refractivity contribution in [3.05, 3.63) is 35.9 Å². The number of rotatable bonds is 4. The highest BCUT2D eigenvalue weighted by Crippen LogP contribution is 2.24. The third kappa shape index (κ3) is 2.99. The van der Waals surface area contributed by atoms with Crippen LogP contribution in [0.1, 0.15) is 0 Å². The fourth-order valence-corrected chi connectivity index (χ4v) is 1.66. The zero-order valence-corrected chi connectivity index (χ0v) is 11.3. The van der Waals surface area contributed by atoms with Crippen LogP contribution in [0.3, 0.4) is 0 Å². The van der Waals surface area contributed by atoms with Gasteiger partial charge in [-0.05, 0) is 12.1 Å². The molecule has 0 saturated heterocycles. The lowest BCUT2D eigenvalue weighted by molar-refractivity contribution is -0.138. The molecule has 0 unspecified atom stereocenters. The highest BCUT2D eigenvalue weighted by atomic mass is 19.1. The fraction of sp³-hybridized carbons (Fsp3) is 0.154. The van der Waals surface area contributed by atoms with Crippen LogP contribution >= 0.6 is 0 Å². The fourth-order valence-electron chi connectivity index (χ4n) is 1.66. The van der Waals surface area contributed by atoms with Crippen molar-refractivity contribution in [2.24, 2.45) is 0 Å². The molecular formula is C13H12FN3O4. The molecule has 2 aromatic rings. The SMILES string of the molecule is COC(=O)/C=C(/Nc1ccc2[nH]ncc2c1F)C(=O)OC. The molecule has 1 aromatic carbocycles. The largest absolute Gasteiger partial charge is 0.466 e. The number of carbonyl (C=O) groups is 2. The summed E-state index contributed by atoms with van der Waals surface area (Å²) in [5.74, 6) is -2.21. The normalized spacial score (nSPS) is 11.3. The van der Waals surface area contributed by atoms with E-state index in [0.29, 0.717) is 5.52 Å². The van der Waals surface area contributed by atoms with E-state index in [1.165, 1.54) is 12.3 Å². The number of esters is 2. The number of anilines is 1. The van der Waals surface area contributed by atoms with E-state index < -0.39 is 17.8 Å². The van der Waals surface area contributed by atoms with Gasteiger partial charge in [-0.15, -0.1) is 0 Å². The molecule has 110 valence electrons. The summed E-state index contributed by atoms with van der Waals surface area (Å²) < 4.78 is 23.2. The predicted octanol–water partition coefficient (Wildman–Crippen LogP) is 1.34. The van der Waals surface area contributed by atoms with Gasteiger partial charge in [0.15, 0.2) is 5.82 Å². The summed E-state index contributed by atoms with van der Waals surface area (Å²) in [5, 5.41) is 9.11. The van der Waals surface area contributed by atoms with Crippen molar-refractivity contribution in [2.45, 2.75) is 0 Å². The van der Waals surface area contributed by atoms with E-state index in [4.69, 9.17) is 0 Å². The molecular weight excluding hydrogens is 281 g/mol. The molecule has 0 amide bonds. The van der Waals surface area contributed by atoms with Gasteiger partial charge in [0.25, 0.3) is 0 Å². The molecule has 0 aliphatic carbocycles. The average Bonchev–Trinajstić information content (AvgIpc) is 2.97. The molecule has 0 saturated carbocycles. The highest BCUT2D eigenvalue weighted by molar-refractivity contribution is 5.99. The van der Waals surface area contributed by atoms with Crippen LogP contribution in [-0.4, -0.2) is 36.4 Å². The van der Waals surface area contributed by atoms with Crippen molar-refractivity contribution in [1.29, 1.82) is 0 Å². The zero-order chi connectivity index (χ0) is 15.4. The van der Waals surface area contributed by atoms with Crippen LogP contribution in [0.2, 0.25) is 0 Å². The Labute approximate surface area is 118 Å². The van der Waals surface area contributed by atoms with Crippen LogP contribution in [-0.2, 0) is 19.1 Å². The first-order valence-electron chi connectivity index (χ1n) is 5.83. The molecule has 1 aromatic heterocycles. The van der Waals surface area contributed by atoms with Crippen LogP contribution in [0.25, 0.3) is 10.9 Å². The van der Waals surface area contributed by atoms with Gasteiger partial charge in [0, 0.05) is 0 Å². The molecule has 8 heteroatoms. The van der Waals surface area contributed by atoms with Crippen LogP contribution in [0.15, 0.2) is 30.1 Å². The van der Waals surface area contributed by atoms with E-state index in [1.54, 1.807) is 6.07 Å². The number of halogens is 1. The molecule has 0 spiro atoms. The quantitative estimate of drug-likeness (QED) is 0.653. The maximum atomic E-state index is 14.2. The van der Waals surface area contributed by atoms with Gasteiger partial charge in [-0.25, -0.2) is 14.0 Å². The maximum absolute atomic E-state index is 14.2. The second-order valence-electron chi connectivity index (χ2n) is 3.96. The second kappa shape index (κ2) is 6.04. The first-order valence-corrected chi connectivity index (χ1v) is 5.83. The average molecular weight is 293 g/mol. The lowest BCUT2D eigenvalue weighted by atomic mass is 10.2. The number of carbonyl (C=O) groups excluding carboxylic acids is 2. The molecule has 0 bridgehead atoms. The van der Waals surface area contributed by atoms with Gasteiger partial charge in [-0.2, -0.15) is 5.10 Å². The summed E-state index contributed by atoms with van der Waals surface area (Å²) >= 11 is 0. The number of benzene rings is 1. The van der Waals surface area contributed by atoms with Crippen molar-refractivity contribution < 1.29 is 23.5 Å². The number of nitrogens with zero attached hydrogens (tertiary/aromatic N) is 1. The topological polar surface area (TPSA) is 93.3 Å². The molecule has 7 nitrogen and oxygen atoms in total. The summed E-state index contributed by atoms with van der Waals surface area (Å²) in [7, 11) is 2.30. The summed E-state index contributed by atoms with van der Waals surface area (Å²) in [6, 6.07) is 2.99. The Morgan fingerprint density at radius 3 is 2.76 bits per heavy atom. The van der Waals surface area contributed by atoms with E-state index in [-0.39, 0.29) is 16.8 Å². The molecule has 0 aliphatic rings. The standard InChI is InChI=1S/C13H12FN3O4/c1-20-11(18)5-10(13(19)21-2)16-9-4-3-8-7(12(9)14)6-15-17-8/h3-6,16H,1-2H3,(H,15,17)/b10-5+. The van der Waals surface area contributed by atoms with Crippen molar-refractivity contribution >= 4 is 28.5 Å². The summed E-state index contributed by atoms with van der Waals surface area (Å²) in [6.07, 6.45) is 2.20. The monoisotopic (exact) mass is 293 g/mol. The minimum Gasteiger partial charge on any atom is -0.466 e. The first kappa shape index (κ1) is 14.5. The zero-order valence-electron chi connectivity index (χ0n) is 11.3. The van der Waals surface area contributed by atoms with Gasteiger partial charge in [-0.1, -0.05) is 0 Å². The van der Waals surface area contributed by atoms with Crippen LogP contribution in [0.5, 0.6) is 0 Å². The van der Waals surface area contributed by atoms with E-state index in [0.717, 1.165) is 20.3 Å². The number of ether oxygens (including phenoxy) is 2. The Bertz CT molecular complexity index is 723. The van der Waals surface area contributed by atoms with E-state index in [9.17, 15) is 14.0 Å². The lowest BCUT2D eigenvalue weighted by Gasteiger charge is -2.10. The number of aromatic nitrogens is 2. The molecule has 2 N–H and O–H groups in total. The maximum Gasteiger partial charge on any atom is 0.354 e. The molecule has 0 radical (unpaired) electrons. The van der Waals surface area contributed by atoms with Gasteiger partial charge in [0.05, 0.1) is 43.1 Å². The van der Waals surface area contributed by atoms with Crippen molar-refractivity contribution in [2.75, 3.05) is 19.5 Å². The second-order valence-corrected chi connectivity index (χ2v) is 3.96. The van der Waals surface area contributed by atoms with Crippen LogP contribution in [0, 0.1) is 5.82 Å². The first-order chi connectivity index (χ1) is 10.1. The van der Waals surface area contributed by atoms with Crippen molar-refractivity contribution in [3.63, 3.8) is 0 Å². The number of hydrogen-bond acceptors (Lipinski definition) is 6. The third-order valence-corrected chi connectivity index (χ3v) is 2.70. The van der Waals surface area contributed by atoms with Crippen LogP contribution < -0.4 is 5.32 Å². The number of nitrogens with one attached hydrogen (secondary N) is 2. The van der Waals surface area contributed by atoms with Gasteiger partial charge in [0.2, 0.25) is 0 Å². The number of fused-ring (bicyclic) bond motifs is 1. The van der Waals surface area contributed by atoms with Gasteiger partial charge >= 0.3 is 11.9 Å². The Hall–Kier alpha value is -2.90.